The zero-order valence-corrected chi connectivity index (χ0v) is 17.0. The second-order valence-corrected chi connectivity index (χ2v) is 7.72. The summed E-state index contributed by atoms with van der Waals surface area (Å²) in [5, 5.41) is 2.68. The molecule has 0 aliphatic carbocycles. The van der Waals surface area contributed by atoms with Gasteiger partial charge in [0.25, 0.3) is 11.8 Å². The number of methoxy groups -OCH3 is 1. The lowest BCUT2D eigenvalue weighted by atomic mass is 9.78. The molecule has 30 heavy (non-hydrogen) atoms. The van der Waals surface area contributed by atoms with Crippen molar-refractivity contribution in [2.45, 2.75) is 38.4 Å². The zero-order chi connectivity index (χ0) is 22.2. The quantitative estimate of drug-likeness (QED) is 0.776. The summed E-state index contributed by atoms with van der Waals surface area (Å²) in [6, 6.07) is 5.25. The van der Waals surface area contributed by atoms with Crippen molar-refractivity contribution in [1.29, 1.82) is 0 Å². The number of nitrogens with zero attached hydrogens (tertiary/aromatic N) is 1. The number of halogens is 2. The summed E-state index contributed by atoms with van der Waals surface area (Å²) in [6.07, 6.45) is 0.326. The van der Waals surface area contributed by atoms with Crippen molar-refractivity contribution in [1.82, 2.24) is 4.98 Å². The Morgan fingerprint density at radius 1 is 1.27 bits per heavy atom. The second-order valence-electron chi connectivity index (χ2n) is 7.72. The van der Waals surface area contributed by atoms with E-state index in [0.717, 1.165) is 6.07 Å². The van der Waals surface area contributed by atoms with Crippen LogP contribution in [0.1, 0.15) is 42.7 Å². The van der Waals surface area contributed by atoms with Crippen molar-refractivity contribution in [2.24, 2.45) is 11.7 Å². The van der Waals surface area contributed by atoms with Crippen LogP contribution in [0.4, 0.5) is 14.5 Å². The summed E-state index contributed by atoms with van der Waals surface area (Å²) in [7, 11) is 1.24. The summed E-state index contributed by atoms with van der Waals surface area (Å²) >= 11 is 0. The van der Waals surface area contributed by atoms with Gasteiger partial charge in [-0.25, -0.2) is 4.39 Å². The van der Waals surface area contributed by atoms with Gasteiger partial charge >= 0.3 is 0 Å². The van der Waals surface area contributed by atoms with Crippen LogP contribution in [0.2, 0.25) is 0 Å². The molecule has 0 bridgehead atoms. The van der Waals surface area contributed by atoms with E-state index in [1.807, 2.05) is 20.8 Å². The van der Waals surface area contributed by atoms with Gasteiger partial charge < -0.3 is 20.5 Å². The fourth-order valence-corrected chi connectivity index (χ4v) is 3.72. The number of ether oxygens (including phenoxy) is 2. The lowest BCUT2D eigenvalue weighted by Gasteiger charge is -2.25. The van der Waals surface area contributed by atoms with Crippen LogP contribution >= 0.6 is 0 Å². The molecule has 0 spiro atoms. The van der Waals surface area contributed by atoms with E-state index in [1.165, 1.54) is 31.5 Å². The van der Waals surface area contributed by atoms with E-state index in [1.54, 1.807) is 0 Å². The smallest absolute Gasteiger partial charge is 0.267 e. The molecule has 1 aliphatic heterocycles. The predicted octanol–water partition coefficient (Wildman–Crippen LogP) is 3.00. The summed E-state index contributed by atoms with van der Waals surface area (Å²) in [5.74, 6) is -4.50. The Bertz CT molecular complexity index is 996. The number of carbonyl (C=O) groups is 2. The minimum atomic E-state index is -1.12. The maximum absolute atomic E-state index is 14.3. The third-order valence-corrected chi connectivity index (χ3v) is 5.57. The zero-order valence-electron chi connectivity index (χ0n) is 17.0. The molecule has 1 aromatic carbocycles. The number of nitrogens with two attached hydrogens (primary N) is 1. The van der Waals surface area contributed by atoms with Crippen molar-refractivity contribution < 1.29 is 27.8 Å². The first-order chi connectivity index (χ1) is 14.1. The number of benzene rings is 1. The predicted molar refractivity (Wildman–Crippen MR) is 105 cm³/mol. The molecule has 160 valence electrons. The molecule has 3 rings (SSSR count). The third-order valence-electron chi connectivity index (χ3n) is 5.57. The van der Waals surface area contributed by atoms with Gasteiger partial charge in [0.15, 0.2) is 11.6 Å². The molecule has 0 saturated carbocycles. The lowest BCUT2D eigenvalue weighted by Crippen LogP contribution is -2.33. The summed E-state index contributed by atoms with van der Waals surface area (Å²) in [5.41, 5.74) is 5.14. The normalized spacial score (nSPS) is 22.5. The Morgan fingerprint density at radius 2 is 1.97 bits per heavy atom. The fraction of sp³-hybridized carbons (Fsp3) is 0.381. The van der Waals surface area contributed by atoms with Gasteiger partial charge in [-0.1, -0.05) is 13.0 Å². The molecule has 0 radical (unpaired) electrons. The van der Waals surface area contributed by atoms with Gasteiger partial charge in [-0.05, 0) is 38.0 Å². The molecule has 1 aliphatic rings. The van der Waals surface area contributed by atoms with Gasteiger partial charge in [0.2, 0.25) is 5.82 Å². The molecule has 2 aromatic rings. The summed E-state index contributed by atoms with van der Waals surface area (Å²) in [6.45, 7) is 5.51. The number of pyridine rings is 1. The molecule has 2 amide bonds. The van der Waals surface area contributed by atoms with Crippen LogP contribution in [-0.2, 0) is 9.53 Å². The lowest BCUT2D eigenvalue weighted by molar-refractivity contribution is -0.131. The van der Waals surface area contributed by atoms with Crippen molar-refractivity contribution in [3.8, 4) is 5.75 Å². The highest BCUT2D eigenvalue weighted by Gasteiger charge is 2.51. The topological polar surface area (TPSA) is 104 Å². The van der Waals surface area contributed by atoms with Gasteiger partial charge in [-0.2, -0.15) is 4.39 Å². The maximum atomic E-state index is 14.3. The van der Waals surface area contributed by atoms with Gasteiger partial charge in [-0.15, -0.1) is 0 Å². The molecule has 1 saturated heterocycles. The number of hydrogen-bond acceptors (Lipinski definition) is 5. The number of hydrogen-bond donors (Lipinski definition) is 2. The SMILES string of the molecule is COc1c(C2C(C)C(C)(C)O[C@@H]2C(=O)Nc2ccnc(C(N)=O)c2)ccc(F)c1F. The maximum Gasteiger partial charge on any atom is 0.267 e. The Labute approximate surface area is 172 Å². The number of carbonyl (C=O) groups excluding carboxylic acids is 2. The Balaban J connectivity index is 1.98. The van der Waals surface area contributed by atoms with Gasteiger partial charge in [0.05, 0.1) is 12.7 Å². The van der Waals surface area contributed by atoms with Crippen molar-refractivity contribution in [2.75, 3.05) is 12.4 Å². The standard InChI is InChI=1S/C21H23F2N3O4/c1-10-15(12-5-6-13(22)16(23)17(12)29-4)18(30-21(10,2)3)20(28)26-11-7-8-25-14(9-11)19(24)27/h5-10,15,18H,1-4H3,(H2,24,27)(H,25,26,28)/t10?,15?,18-/m0/s1. The average molecular weight is 419 g/mol. The van der Waals surface area contributed by atoms with Crippen molar-refractivity contribution in [3.63, 3.8) is 0 Å². The number of anilines is 1. The molecule has 2 unspecified atom stereocenters. The van der Waals surface area contributed by atoms with Crippen LogP contribution in [0.5, 0.6) is 5.75 Å². The molecular formula is C21H23F2N3O4. The molecular weight excluding hydrogens is 396 g/mol. The first-order valence-corrected chi connectivity index (χ1v) is 9.33. The number of nitrogens with one attached hydrogen (secondary N) is 1. The Hall–Kier alpha value is -3.07. The van der Waals surface area contributed by atoms with E-state index in [-0.39, 0.29) is 17.4 Å². The highest BCUT2D eigenvalue weighted by Crippen LogP contribution is 2.49. The summed E-state index contributed by atoms with van der Waals surface area (Å²) in [4.78, 5) is 28.2. The molecule has 9 heteroatoms. The highest BCUT2D eigenvalue weighted by atomic mass is 19.2. The van der Waals surface area contributed by atoms with Crippen LogP contribution in [0.3, 0.4) is 0 Å². The number of aromatic nitrogens is 1. The minimum Gasteiger partial charge on any atom is -0.493 e. The fourth-order valence-electron chi connectivity index (χ4n) is 3.72. The van der Waals surface area contributed by atoms with E-state index in [2.05, 4.69) is 10.3 Å². The summed E-state index contributed by atoms with van der Waals surface area (Å²) < 4.78 is 39.2. The van der Waals surface area contributed by atoms with E-state index >= 15 is 0 Å². The van der Waals surface area contributed by atoms with Crippen molar-refractivity contribution >= 4 is 17.5 Å². The van der Waals surface area contributed by atoms with E-state index in [0.29, 0.717) is 11.3 Å². The molecule has 7 nitrogen and oxygen atoms in total. The van der Waals surface area contributed by atoms with Gasteiger partial charge in [0.1, 0.15) is 11.8 Å². The van der Waals surface area contributed by atoms with E-state index < -0.39 is 41.1 Å². The first kappa shape index (κ1) is 21.6. The third kappa shape index (κ3) is 3.85. The Kier molecular flexibility index (Phi) is 5.76. The molecule has 1 aromatic heterocycles. The van der Waals surface area contributed by atoms with Crippen LogP contribution in [-0.4, -0.2) is 35.6 Å². The van der Waals surface area contributed by atoms with Gasteiger partial charge in [0, 0.05) is 23.4 Å². The van der Waals surface area contributed by atoms with Crippen LogP contribution in [0.25, 0.3) is 0 Å². The van der Waals surface area contributed by atoms with Crippen LogP contribution < -0.4 is 15.8 Å². The van der Waals surface area contributed by atoms with Crippen LogP contribution in [0, 0.1) is 17.6 Å². The number of amides is 2. The largest absolute Gasteiger partial charge is 0.493 e. The number of primary amides is 1. The monoisotopic (exact) mass is 419 g/mol. The molecule has 3 N–H and O–H groups in total. The van der Waals surface area contributed by atoms with E-state index in [4.69, 9.17) is 15.2 Å². The molecule has 2 heterocycles. The Morgan fingerprint density at radius 3 is 2.60 bits per heavy atom. The first-order valence-electron chi connectivity index (χ1n) is 9.33. The minimum absolute atomic E-state index is 0.00679. The van der Waals surface area contributed by atoms with Gasteiger partial charge in [-0.3, -0.25) is 14.6 Å². The number of rotatable bonds is 5. The molecule has 3 atom stereocenters. The highest BCUT2D eigenvalue weighted by molar-refractivity contribution is 5.97. The van der Waals surface area contributed by atoms with E-state index in [9.17, 15) is 18.4 Å². The van der Waals surface area contributed by atoms with Crippen molar-refractivity contribution in [3.05, 3.63) is 53.4 Å². The molecule has 1 fully saturated rings. The average Bonchev–Trinajstić information content (AvgIpc) is 2.93. The second kappa shape index (κ2) is 7.98. The van der Waals surface area contributed by atoms with Crippen LogP contribution in [0.15, 0.2) is 30.5 Å².